The molecule has 0 fully saturated rings. The third-order valence-electron chi connectivity index (χ3n) is 3.47. The Hall–Kier alpha value is -0.870. The molecule has 1 heterocycles. The van der Waals surface area contributed by atoms with Crippen LogP contribution in [0.25, 0.3) is 0 Å². The van der Waals surface area contributed by atoms with E-state index in [1.54, 1.807) is 13.2 Å². The maximum Gasteiger partial charge on any atom is 0.330 e. The number of hydrogen-bond donors (Lipinski definition) is 1. The minimum Gasteiger partial charge on any atom is -0.459 e. The van der Waals surface area contributed by atoms with E-state index in [1.807, 2.05) is 0 Å². The van der Waals surface area contributed by atoms with Gasteiger partial charge in [-0.05, 0) is 12.8 Å². The average Bonchev–Trinajstić information content (AvgIpc) is 2.37. The summed E-state index contributed by atoms with van der Waals surface area (Å²) in [5, 5.41) is 10.1. The Kier molecular flexibility index (Phi) is 7.75. The van der Waals surface area contributed by atoms with Crippen molar-refractivity contribution < 1.29 is 19.4 Å². The van der Waals surface area contributed by atoms with Crippen molar-refractivity contribution in [2.24, 2.45) is 0 Å². The fourth-order valence-corrected chi connectivity index (χ4v) is 2.37. The van der Waals surface area contributed by atoms with Crippen LogP contribution in [-0.4, -0.2) is 36.5 Å². The van der Waals surface area contributed by atoms with Crippen molar-refractivity contribution in [1.29, 1.82) is 0 Å². The monoisotopic (exact) mass is 270 g/mol. The molecule has 19 heavy (non-hydrogen) atoms. The molecule has 0 unspecified atom stereocenters. The van der Waals surface area contributed by atoms with Gasteiger partial charge in [-0.25, -0.2) is 4.79 Å². The number of esters is 1. The first-order valence-corrected chi connectivity index (χ1v) is 7.23. The molecule has 0 radical (unpaired) electrons. The summed E-state index contributed by atoms with van der Waals surface area (Å²) in [6.07, 6.45) is 8.94. The molecule has 110 valence electrons. The Morgan fingerprint density at radius 2 is 2.32 bits per heavy atom. The van der Waals surface area contributed by atoms with Crippen molar-refractivity contribution >= 4 is 5.97 Å². The number of carbonyl (C=O) groups is 1. The lowest BCUT2D eigenvalue weighted by Gasteiger charge is -2.24. The molecule has 1 N–H and O–H groups in total. The number of ether oxygens (including phenoxy) is 2. The van der Waals surface area contributed by atoms with Gasteiger partial charge in [-0.2, -0.15) is 0 Å². The normalized spacial score (nSPS) is 22.1. The van der Waals surface area contributed by atoms with Gasteiger partial charge in [-0.3, -0.25) is 0 Å². The van der Waals surface area contributed by atoms with Gasteiger partial charge in [0.05, 0.1) is 12.2 Å². The summed E-state index contributed by atoms with van der Waals surface area (Å²) in [5.74, 6) is -0.310. The second kappa shape index (κ2) is 9.10. The van der Waals surface area contributed by atoms with E-state index in [2.05, 4.69) is 6.92 Å². The summed E-state index contributed by atoms with van der Waals surface area (Å²) in [5.41, 5.74) is 0. The lowest BCUT2D eigenvalue weighted by molar-refractivity contribution is -0.145. The second-order valence-electron chi connectivity index (χ2n) is 5.18. The summed E-state index contributed by atoms with van der Waals surface area (Å²) in [6.45, 7) is 2.17. The van der Waals surface area contributed by atoms with Gasteiger partial charge in [-0.1, -0.05) is 32.3 Å². The molecular weight excluding hydrogens is 244 g/mol. The van der Waals surface area contributed by atoms with E-state index in [4.69, 9.17) is 9.47 Å². The molecule has 0 amide bonds. The fourth-order valence-electron chi connectivity index (χ4n) is 2.37. The van der Waals surface area contributed by atoms with Crippen LogP contribution in [0.4, 0.5) is 0 Å². The standard InChI is InChI=1S/C15H26O4/c1-3-4-5-7-13(18-2)10-12(16)11-14-8-6-9-15(17)19-14/h6,9,12-14,16H,3-5,7-8,10-11H2,1-2H3/t12-,13+,14+/m1/s1. The molecule has 0 saturated heterocycles. The van der Waals surface area contributed by atoms with Crippen LogP contribution in [0.15, 0.2) is 12.2 Å². The van der Waals surface area contributed by atoms with Gasteiger partial charge in [0, 0.05) is 26.0 Å². The van der Waals surface area contributed by atoms with Gasteiger partial charge in [0.2, 0.25) is 0 Å². The van der Waals surface area contributed by atoms with Crippen LogP contribution in [0.3, 0.4) is 0 Å². The maximum absolute atomic E-state index is 11.1. The molecule has 4 nitrogen and oxygen atoms in total. The Bertz CT molecular complexity index is 288. The van der Waals surface area contributed by atoms with Crippen LogP contribution < -0.4 is 0 Å². The van der Waals surface area contributed by atoms with Crippen molar-refractivity contribution in [2.75, 3.05) is 7.11 Å². The van der Waals surface area contributed by atoms with E-state index in [-0.39, 0.29) is 18.2 Å². The lowest BCUT2D eigenvalue weighted by Crippen LogP contribution is -2.28. The van der Waals surface area contributed by atoms with E-state index in [0.717, 1.165) is 12.8 Å². The van der Waals surface area contributed by atoms with Crippen LogP contribution in [-0.2, 0) is 14.3 Å². The second-order valence-corrected chi connectivity index (χ2v) is 5.18. The smallest absolute Gasteiger partial charge is 0.330 e. The summed E-state index contributed by atoms with van der Waals surface area (Å²) in [7, 11) is 1.69. The molecule has 0 saturated carbocycles. The summed E-state index contributed by atoms with van der Waals surface area (Å²) in [4.78, 5) is 11.1. The van der Waals surface area contributed by atoms with E-state index >= 15 is 0 Å². The molecule has 3 atom stereocenters. The predicted octanol–water partition coefficient (Wildman–Crippen LogP) is 2.59. The number of unbranched alkanes of at least 4 members (excludes halogenated alkanes) is 2. The molecule has 0 spiro atoms. The minimum absolute atomic E-state index is 0.0939. The zero-order valence-electron chi connectivity index (χ0n) is 12.0. The van der Waals surface area contributed by atoms with Crippen LogP contribution >= 0.6 is 0 Å². The molecule has 1 aliphatic rings. The Morgan fingerprint density at radius 3 is 2.95 bits per heavy atom. The first kappa shape index (κ1) is 16.2. The molecule has 0 aliphatic carbocycles. The highest BCUT2D eigenvalue weighted by molar-refractivity contribution is 5.82. The van der Waals surface area contributed by atoms with Gasteiger partial charge in [0.1, 0.15) is 6.10 Å². The number of aliphatic hydroxyl groups is 1. The number of cyclic esters (lactones) is 1. The Balaban J connectivity index is 2.26. The van der Waals surface area contributed by atoms with Gasteiger partial charge < -0.3 is 14.6 Å². The zero-order valence-corrected chi connectivity index (χ0v) is 12.0. The van der Waals surface area contributed by atoms with Crippen LogP contribution in [0, 0.1) is 0 Å². The van der Waals surface area contributed by atoms with Gasteiger partial charge >= 0.3 is 5.97 Å². The Labute approximate surface area is 115 Å². The molecule has 0 aromatic carbocycles. The highest BCUT2D eigenvalue weighted by Gasteiger charge is 2.22. The van der Waals surface area contributed by atoms with Crippen molar-refractivity contribution in [3.05, 3.63) is 12.2 Å². The number of aliphatic hydroxyl groups excluding tert-OH is 1. The minimum atomic E-state index is -0.476. The molecule has 0 aromatic heterocycles. The van der Waals surface area contributed by atoms with E-state index in [1.165, 1.54) is 18.9 Å². The SMILES string of the molecule is CCCCC[C@@H](C[C@@H](O)C[C@@H]1CC=CC(=O)O1)OC. The summed E-state index contributed by atoms with van der Waals surface area (Å²) < 4.78 is 10.5. The molecule has 1 aliphatic heterocycles. The van der Waals surface area contributed by atoms with Gasteiger partial charge in [0.25, 0.3) is 0 Å². The predicted molar refractivity (Wildman–Crippen MR) is 73.8 cm³/mol. The lowest BCUT2D eigenvalue weighted by atomic mass is 9.99. The van der Waals surface area contributed by atoms with Crippen molar-refractivity contribution in [2.45, 2.75) is 70.2 Å². The van der Waals surface area contributed by atoms with E-state index in [9.17, 15) is 9.90 Å². The van der Waals surface area contributed by atoms with Crippen molar-refractivity contribution in [3.8, 4) is 0 Å². The van der Waals surface area contributed by atoms with E-state index in [0.29, 0.717) is 19.3 Å². The average molecular weight is 270 g/mol. The molecule has 0 aromatic rings. The zero-order chi connectivity index (χ0) is 14.1. The Morgan fingerprint density at radius 1 is 1.53 bits per heavy atom. The summed E-state index contributed by atoms with van der Waals surface area (Å²) >= 11 is 0. The number of carbonyl (C=O) groups excluding carboxylic acids is 1. The fraction of sp³-hybridized carbons (Fsp3) is 0.800. The first-order valence-electron chi connectivity index (χ1n) is 7.23. The van der Waals surface area contributed by atoms with Gasteiger partial charge in [0.15, 0.2) is 0 Å². The van der Waals surface area contributed by atoms with Crippen molar-refractivity contribution in [1.82, 2.24) is 0 Å². The van der Waals surface area contributed by atoms with E-state index < -0.39 is 6.10 Å². The maximum atomic E-state index is 11.1. The van der Waals surface area contributed by atoms with Gasteiger partial charge in [-0.15, -0.1) is 0 Å². The third kappa shape index (κ3) is 6.73. The van der Waals surface area contributed by atoms with Crippen LogP contribution in [0.1, 0.15) is 51.9 Å². The molecule has 0 bridgehead atoms. The van der Waals surface area contributed by atoms with Crippen molar-refractivity contribution in [3.63, 3.8) is 0 Å². The number of hydrogen-bond acceptors (Lipinski definition) is 4. The highest BCUT2D eigenvalue weighted by atomic mass is 16.5. The topological polar surface area (TPSA) is 55.8 Å². The first-order chi connectivity index (χ1) is 9.15. The number of rotatable bonds is 9. The molecule has 1 rings (SSSR count). The van der Waals surface area contributed by atoms with Crippen LogP contribution in [0.2, 0.25) is 0 Å². The quantitative estimate of drug-likeness (QED) is 0.517. The highest BCUT2D eigenvalue weighted by Crippen LogP contribution is 2.18. The van der Waals surface area contributed by atoms with Crippen LogP contribution in [0.5, 0.6) is 0 Å². The third-order valence-corrected chi connectivity index (χ3v) is 3.47. The number of methoxy groups -OCH3 is 1. The summed E-state index contributed by atoms with van der Waals surface area (Å²) in [6, 6.07) is 0. The molecule has 4 heteroatoms. The largest absolute Gasteiger partial charge is 0.459 e. The molecular formula is C15H26O4.